The number of aliphatic hydroxyl groups excluding tert-OH is 1. The molecular weight excluding hydrogens is 274 g/mol. The second-order valence-corrected chi connectivity index (χ2v) is 6.46. The smallest absolute Gasteiger partial charge is 0.130 e. The van der Waals surface area contributed by atoms with Crippen LogP contribution in [0.25, 0.3) is 0 Å². The molecule has 1 aliphatic rings. The van der Waals surface area contributed by atoms with Crippen LogP contribution in [0.2, 0.25) is 5.15 Å². The highest BCUT2D eigenvalue weighted by Gasteiger charge is 2.39. The van der Waals surface area contributed by atoms with Gasteiger partial charge in [0.1, 0.15) is 5.15 Å². The lowest BCUT2D eigenvalue weighted by atomic mass is 9.86. The second kappa shape index (κ2) is 6.04. The highest BCUT2D eigenvalue weighted by Crippen LogP contribution is 2.31. The fourth-order valence-corrected chi connectivity index (χ4v) is 3.47. The van der Waals surface area contributed by atoms with Gasteiger partial charge in [0, 0.05) is 24.6 Å². The third-order valence-electron chi connectivity index (χ3n) is 4.93. The molecule has 1 aliphatic heterocycles. The molecule has 0 aromatic carbocycles. The van der Waals surface area contributed by atoms with Gasteiger partial charge < -0.3 is 5.11 Å². The number of rotatable bonds is 5. The number of hydrogen-bond acceptors (Lipinski definition) is 3. The average molecular weight is 300 g/mol. The summed E-state index contributed by atoms with van der Waals surface area (Å²) in [5.74, 6) is 0. The summed E-state index contributed by atoms with van der Waals surface area (Å²) in [6.45, 7) is 8.44. The lowest BCUT2D eigenvalue weighted by molar-refractivity contribution is -0.0117. The van der Waals surface area contributed by atoms with Gasteiger partial charge in [0.25, 0.3) is 0 Å². The van der Waals surface area contributed by atoms with E-state index in [9.17, 15) is 5.11 Å². The Kier molecular flexibility index (Phi) is 4.77. The number of likely N-dealkylation sites (tertiary alicyclic amines) is 1. The summed E-state index contributed by atoms with van der Waals surface area (Å²) >= 11 is 6.29. The van der Waals surface area contributed by atoms with Crippen LogP contribution in [0.3, 0.4) is 0 Å². The molecule has 0 radical (unpaired) electrons. The molecule has 20 heavy (non-hydrogen) atoms. The molecule has 1 saturated heterocycles. The van der Waals surface area contributed by atoms with Crippen LogP contribution in [-0.4, -0.2) is 44.5 Å². The maximum Gasteiger partial charge on any atom is 0.130 e. The summed E-state index contributed by atoms with van der Waals surface area (Å²) in [7, 11) is 1.84. The summed E-state index contributed by atoms with van der Waals surface area (Å²) in [4.78, 5) is 2.43. The van der Waals surface area contributed by atoms with E-state index in [1.165, 1.54) is 12.8 Å². The van der Waals surface area contributed by atoms with Crippen molar-refractivity contribution in [1.29, 1.82) is 0 Å². The predicted octanol–water partition coefficient (Wildman–Crippen LogP) is 2.55. The van der Waals surface area contributed by atoms with Crippen molar-refractivity contribution < 1.29 is 5.11 Å². The average Bonchev–Trinajstić information content (AvgIpc) is 3.03. The van der Waals surface area contributed by atoms with Gasteiger partial charge in [-0.05, 0) is 46.2 Å². The van der Waals surface area contributed by atoms with Gasteiger partial charge in [-0.25, -0.2) is 0 Å². The van der Waals surface area contributed by atoms with E-state index < -0.39 is 6.10 Å². The topological polar surface area (TPSA) is 41.3 Å². The minimum Gasteiger partial charge on any atom is -0.391 e. The molecule has 2 heterocycles. The predicted molar refractivity (Wildman–Crippen MR) is 82.2 cm³/mol. The van der Waals surface area contributed by atoms with E-state index >= 15 is 0 Å². The SMILES string of the molecule is CCC(C)(C(O)Cc1c(C)nn(C)c1Cl)N1CCCC1. The van der Waals surface area contributed by atoms with Gasteiger partial charge in [0.15, 0.2) is 0 Å². The number of halogens is 1. The highest BCUT2D eigenvalue weighted by atomic mass is 35.5. The number of nitrogens with zero attached hydrogens (tertiary/aromatic N) is 3. The van der Waals surface area contributed by atoms with Crippen molar-refractivity contribution >= 4 is 11.6 Å². The molecule has 0 saturated carbocycles. The Morgan fingerprint density at radius 3 is 2.45 bits per heavy atom. The first-order chi connectivity index (χ1) is 9.40. The van der Waals surface area contributed by atoms with Crippen LogP contribution in [0.15, 0.2) is 0 Å². The van der Waals surface area contributed by atoms with Gasteiger partial charge in [-0.15, -0.1) is 0 Å². The number of hydrogen-bond donors (Lipinski definition) is 1. The summed E-state index contributed by atoms with van der Waals surface area (Å²) in [5, 5.41) is 15.8. The monoisotopic (exact) mass is 299 g/mol. The van der Waals surface area contributed by atoms with Crippen molar-refractivity contribution in [3.63, 3.8) is 0 Å². The van der Waals surface area contributed by atoms with Gasteiger partial charge in [-0.2, -0.15) is 5.10 Å². The fraction of sp³-hybridized carbons (Fsp3) is 0.800. The van der Waals surface area contributed by atoms with E-state index in [-0.39, 0.29) is 5.54 Å². The van der Waals surface area contributed by atoms with E-state index in [1.807, 2.05) is 14.0 Å². The molecule has 1 aromatic heterocycles. The molecule has 114 valence electrons. The Bertz CT molecular complexity index is 468. The van der Waals surface area contributed by atoms with Gasteiger partial charge in [0.2, 0.25) is 0 Å². The molecule has 1 aromatic rings. The van der Waals surface area contributed by atoms with Crippen molar-refractivity contribution in [2.45, 2.75) is 58.1 Å². The van der Waals surface area contributed by atoms with Crippen LogP contribution < -0.4 is 0 Å². The lowest BCUT2D eigenvalue weighted by Gasteiger charge is -2.42. The Morgan fingerprint density at radius 2 is 2.00 bits per heavy atom. The molecule has 2 unspecified atom stereocenters. The molecule has 5 heteroatoms. The molecule has 0 spiro atoms. The number of aryl methyl sites for hydroxylation is 2. The zero-order valence-electron chi connectivity index (χ0n) is 13.0. The Balaban J connectivity index is 2.18. The normalized spacial score (nSPS) is 21.1. The summed E-state index contributed by atoms with van der Waals surface area (Å²) in [6.07, 6.45) is 3.54. The number of aromatic nitrogens is 2. The van der Waals surface area contributed by atoms with Crippen LogP contribution in [0.4, 0.5) is 0 Å². The van der Waals surface area contributed by atoms with Crippen LogP contribution >= 0.6 is 11.6 Å². The first-order valence-electron chi connectivity index (χ1n) is 7.51. The van der Waals surface area contributed by atoms with E-state index in [4.69, 9.17) is 11.6 Å². The zero-order chi connectivity index (χ0) is 14.9. The Labute approximate surface area is 126 Å². The van der Waals surface area contributed by atoms with Gasteiger partial charge in [0.05, 0.1) is 11.8 Å². The van der Waals surface area contributed by atoms with E-state index in [2.05, 4.69) is 23.8 Å². The Morgan fingerprint density at radius 1 is 1.40 bits per heavy atom. The number of aliphatic hydroxyl groups is 1. The maximum absolute atomic E-state index is 10.8. The zero-order valence-corrected chi connectivity index (χ0v) is 13.7. The molecule has 0 aliphatic carbocycles. The minimum atomic E-state index is -0.425. The molecule has 0 bridgehead atoms. The first-order valence-corrected chi connectivity index (χ1v) is 7.89. The third-order valence-corrected chi connectivity index (χ3v) is 5.40. The van der Waals surface area contributed by atoms with E-state index in [0.29, 0.717) is 11.6 Å². The molecular formula is C15H26ClN3O. The fourth-order valence-electron chi connectivity index (χ4n) is 3.22. The van der Waals surface area contributed by atoms with Crippen LogP contribution in [0.5, 0.6) is 0 Å². The summed E-state index contributed by atoms with van der Waals surface area (Å²) < 4.78 is 1.68. The van der Waals surface area contributed by atoms with E-state index in [0.717, 1.165) is 30.8 Å². The van der Waals surface area contributed by atoms with Crippen molar-refractivity contribution in [2.24, 2.45) is 7.05 Å². The standard InChI is InChI=1S/C15H26ClN3O/c1-5-15(3,19-8-6-7-9-19)13(20)10-12-11(2)17-18(4)14(12)16/h13,20H,5-10H2,1-4H3. The highest BCUT2D eigenvalue weighted by molar-refractivity contribution is 6.30. The Hall–Kier alpha value is -0.580. The molecule has 4 nitrogen and oxygen atoms in total. The van der Waals surface area contributed by atoms with Gasteiger partial charge >= 0.3 is 0 Å². The van der Waals surface area contributed by atoms with Gasteiger partial charge in [-0.1, -0.05) is 18.5 Å². The van der Waals surface area contributed by atoms with Crippen molar-refractivity contribution in [2.75, 3.05) is 13.1 Å². The summed E-state index contributed by atoms with van der Waals surface area (Å²) in [6, 6.07) is 0. The van der Waals surface area contributed by atoms with Gasteiger partial charge in [-0.3, -0.25) is 9.58 Å². The van der Waals surface area contributed by atoms with Crippen molar-refractivity contribution in [3.05, 3.63) is 16.4 Å². The first kappa shape index (κ1) is 15.8. The third kappa shape index (κ3) is 2.74. The molecule has 2 atom stereocenters. The molecule has 0 amide bonds. The van der Waals surface area contributed by atoms with Crippen molar-refractivity contribution in [1.82, 2.24) is 14.7 Å². The molecule has 1 N–H and O–H groups in total. The van der Waals surface area contributed by atoms with Crippen molar-refractivity contribution in [3.8, 4) is 0 Å². The largest absolute Gasteiger partial charge is 0.391 e. The maximum atomic E-state index is 10.8. The van der Waals surface area contributed by atoms with E-state index in [1.54, 1.807) is 4.68 Å². The quantitative estimate of drug-likeness (QED) is 0.908. The minimum absolute atomic E-state index is 0.178. The lowest BCUT2D eigenvalue weighted by Crippen LogP contribution is -2.53. The second-order valence-electron chi connectivity index (χ2n) is 6.10. The van der Waals surface area contributed by atoms with Crippen LogP contribution in [-0.2, 0) is 13.5 Å². The van der Waals surface area contributed by atoms with Crippen LogP contribution in [0, 0.1) is 6.92 Å². The molecule has 1 fully saturated rings. The molecule has 2 rings (SSSR count). The summed E-state index contributed by atoms with van der Waals surface area (Å²) in [5.41, 5.74) is 1.71. The van der Waals surface area contributed by atoms with Crippen LogP contribution in [0.1, 0.15) is 44.4 Å².